The van der Waals surface area contributed by atoms with Crippen LogP contribution < -0.4 is 0 Å². The van der Waals surface area contributed by atoms with E-state index in [0.29, 0.717) is 11.6 Å². The van der Waals surface area contributed by atoms with Crippen molar-refractivity contribution in [2.24, 2.45) is 0 Å². The van der Waals surface area contributed by atoms with Crippen LogP contribution in [0.15, 0.2) is 18.2 Å². The first kappa shape index (κ1) is 13.4. The molecule has 1 N–H and O–H groups in total. The quantitative estimate of drug-likeness (QED) is 0.852. The maximum atomic E-state index is 12.8. The molecule has 20 heavy (non-hydrogen) atoms. The maximum Gasteiger partial charge on any atom is 0.254 e. The van der Waals surface area contributed by atoms with Gasteiger partial charge in [-0.05, 0) is 57.0 Å². The van der Waals surface area contributed by atoms with E-state index < -0.39 is 0 Å². The topological polar surface area (TPSA) is 43.8 Å². The third kappa shape index (κ3) is 2.29. The van der Waals surface area contributed by atoms with Crippen LogP contribution in [-0.4, -0.2) is 52.5 Å². The summed E-state index contributed by atoms with van der Waals surface area (Å²) in [5.41, 5.74) is 1.55. The van der Waals surface area contributed by atoms with Crippen LogP contribution >= 0.6 is 0 Å². The summed E-state index contributed by atoms with van der Waals surface area (Å²) in [6.45, 7) is 6.99. The normalized spacial score (nSPS) is 26.6. The number of nitrogens with zero attached hydrogens (tertiary/aromatic N) is 2. The van der Waals surface area contributed by atoms with Gasteiger partial charge < -0.3 is 10.0 Å². The molecule has 0 saturated carbocycles. The van der Waals surface area contributed by atoms with Crippen LogP contribution in [0.4, 0.5) is 0 Å². The van der Waals surface area contributed by atoms with E-state index in [9.17, 15) is 9.90 Å². The number of benzene rings is 1. The van der Waals surface area contributed by atoms with Crippen molar-refractivity contribution in [3.8, 4) is 5.75 Å². The lowest BCUT2D eigenvalue weighted by Gasteiger charge is -2.42. The molecule has 0 spiro atoms. The Morgan fingerprint density at radius 2 is 2.15 bits per heavy atom. The zero-order valence-corrected chi connectivity index (χ0v) is 12.2. The van der Waals surface area contributed by atoms with E-state index in [1.54, 1.807) is 18.2 Å². The molecule has 2 aliphatic rings. The molecule has 2 saturated heterocycles. The van der Waals surface area contributed by atoms with Crippen molar-refractivity contribution in [2.45, 2.75) is 38.8 Å². The molecule has 2 unspecified atom stereocenters. The van der Waals surface area contributed by atoms with E-state index in [0.717, 1.165) is 18.7 Å². The van der Waals surface area contributed by atoms with E-state index in [4.69, 9.17) is 0 Å². The number of aromatic hydroxyl groups is 1. The average Bonchev–Trinajstić information content (AvgIpc) is 2.84. The first-order chi connectivity index (χ1) is 9.56. The Morgan fingerprint density at radius 3 is 2.90 bits per heavy atom. The number of rotatable bonds is 1. The molecule has 4 heteroatoms. The molecule has 4 nitrogen and oxygen atoms in total. The summed E-state index contributed by atoms with van der Waals surface area (Å²) in [6.07, 6.45) is 2.45. The summed E-state index contributed by atoms with van der Waals surface area (Å²) in [5, 5.41) is 9.47. The summed E-state index contributed by atoms with van der Waals surface area (Å²) < 4.78 is 0. The first-order valence-corrected chi connectivity index (χ1v) is 7.41. The van der Waals surface area contributed by atoms with E-state index in [2.05, 4.69) is 11.8 Å². The smallest absolute Gasteiger partial charge is 0.254 e. The van der Waals surface area contributed by atoms with Crippen LogP contribution in [0.1, 0.15) is 35.7 Å². The molecule has 0 radical (unpaired) electrons. The molecule has 0 aliphatic carbocycles. The number of hydrogen-bond donors (Lipinski definition) is 1. The van der Waals surface area contributed by atoms with Gasteiger partial charge in [0.25, 0.3) is 5.91 Å². The molecule has 2 atom stereocenters. The minimum absolute atomic E-state index is 0.0987. The zero-order chi connectivity index (χ0) is 14.3. The third-order valence-electron chi connectivity index (χ3n) is 4.64. The molecule has 1 aromatic rings. The molecule has 1 aromatic carbocycles. The van der Waals surface area contributed by atoms with E-state index in [1.807, 2.05) is 11.8 Å². The van der Waals surface area contributed by atoms with Gasteiger partial charge in [-0.2, -0.15) is 0 Å². The zero-order valence-electron chi connectivity index (χ0n) is 12.2. The number of carbonyl (C=O) groups excluding carboxylic acids is 1. The van der Waals surface area contributed by atoms with Crippen LogP contribution in [-0.2, 0) is 0 Å². The Hall–Kier alpha value is -1.55. The fraction of sp³-hybridized carbons (Fsp3) is 0.562. The largest absolute Gasteiger partial charge is 0.508 e. The monoisotopic (exact) mass is 274 g/mol. The van der Waals surface area contributed by atoms with Gasteiger partial charge in [0, 0.05) is 30.7 Å². The van der Waals surface area contributed by atoms with Gasteiger partial charge in [0.1, 0.15) is 5.75 Å². The molecular weight excluding hydrogens is 252 g/mol. The molecule has 2 heterocycles. The van der Waals surface area contributed by atoms with Gasteiger partial charge in [0.2, 0.25) is 0 Å². The highest BCUT2D eigenvalue weighted by Crippen LogP contribution is 2.26. The van der Waals surface area contributed by atoms with Crippen LogP contribution in [0, 0.1) is 6.92 Å². The standard InChI is InChI=1S/C16H22N2O2/c1-11-8-14(19)5-6-15(11)16(20)18-10-13-4-3-7-17(13)9-12(18)2/h5-6,8,12-13,19H,3-4,7,9-10H2,1-2H3. The molecule has 0 aromatic heterocycles. The summed E-state index contributed by atoms with van der Waals surface area (Å²) in [4.78, 5) is 17.3. The van der Waals surface area contributed by atoms with Crippen molar-refractivity contribution in [3.05, 3.63) is 29.3 Å². The van der Waals surface area contributed by atoms with Gasteiger partial charge >= 0.3 is 0 Å². The second-order valence-electron chi connectivity index (χ2n) is 6.10. The van der Waals surface area contributed by atoms with Crippen molar-refractivity contribution >= 4 is 5.91 Å². The number of piperazine rings is 1. The van der Waals surface area contributed by atoms with Crippen LogP contribution in [0.5, 0.6) is 5.75 Å². The molecular formula is C16H22N2O2. The molecule has 3 rings (SSSR count). The highest BCUT2D eigenvalue weighted by molar-refractivity contribution is 5.96. The summed E-state index contributed by atoms with van der Waals surface area (Å²) in [5.74, 6) is 0.314. The number of phenolic OH excluding ortho intramolecular Hbond substituents is 1. The predicted molar refractivity (Wildman–Crippen MR) is 77.9 cm³/mol. The van der Waals surface area contributed by atoms with Crippen LogP contribution in [0.2, 0.25) is 0 Å². The highest BCUT2D eigenvalue weighted by Gasteiger charge is 2.36. The van der Waals surface area contributed by atoms with Gasteiger partial charge in [-0.15, -0.1) is 0 Å². The second-order valence-corrected chi connectivity index (χ2v) is 6.10. The summed E-state index contributed by atoms with van der Waals surface area (Å²) >= 11 is 0. The Kier molecular flexibility index (Phi) is 3.42. The molecule has 2 aliphatic heterocycles. The Balaban J connectivity index is 1.82. The van der Waals surface area contributed by atoms with Gasteiger partial charge in [-0.3, -0.25) is 9.69 Å². The second kappa shape index (κ2) is 5.09. The number of fused-ring (bicyclic) bond motifs is 1. The Labute approximate surface area is 120 Å². The van der Waals surface area contributed by atoms with E-state index in [-0.39, 0.29) is 17.7 Å². The van der Waals surface area contributed by atoms with Crippen molar-refractivity contribution in [2.75, 3.05) is 19.6 Å². The maximum absolute atomic E-state index is 12.8. The lowest BCUT2D eigenvalue weighted by molar-refractivity contribution is 0.0395. The van der Waals surface area contributed by atoms with Gasteiger partial charge in [-0.25, -0.2) is 0 Å². The number of carbonyl (C=O) groups is 1. The highest BCUT2D eigenvalue weighted by atomic mass is 16.3. The number of hydrogen-bond acceptors (Lipinski definition) is 3. The predicted octanol–water partition coefficient (Wildman–Crippen LogP) is 2.01. The van der Waals surface area contributed by atoms with Gasteiger partial charge in [0.15, 0.2) is 0 Å². The Bertz CT molecular complexity index is 529. The lowest BCUT2D eigenvalue weighted by Crippen LogP contribution is -2.56. The number of phenols is 1. The van der Waals surface area contributed by atoms with E-state index >= 15 is 0 Å². The lowest BCUT2D eigenvalue weighted by atomic mass is 10.0. The minimum atomic E-state index is 0.0987. The van der Waals surface area contributed by atoms with Gasteiger partial charge in [-0.1, -0.05) is 0 Å². The SMILES string of the molecule is Cc1cc(O)ccc1C(=O)N1CC2CCCN2CC1C. The van der Waals surface area contributed by atoms with E-state index in [1.165, 1.54) is 19.4 Å². The summed E-state index contributed by atoms with van der Waals surface area (Å²) in [7, 11) is 0. The van der Waals surface area contributed by atoms with Crippen molar-refractivity contribution in [1.29, 1.82) is 0 Å². The van der Waals surface area contributed by atoms with Gasteiger partial charge in [0.05, 0.1) is 0 Å². The molecule has 0 bridgehead atoms. The molecule has 1 amide bonds. The minimum Gasteiger partial charge on any atom is -0.508 e. The third-order valence-corrected chi connectivity index (χ3v) is 4.64. The number of amides is 1. The molecule has 2 fully saturated rings. The average molecular weight is 274 g/mol. The molecule has 108 valence electrons. The van der Waals surface area contributed by atoms with Crippen molar-refractivity contribution < 1.29 is 9.90 Å². The van der Waals surface area contributed by atoms with Crippen LogP contribution in [0.25, 0.3) is 0 Å². The van der Waals surface area contributed by atoms with Crippen molar-refractivity contribution in [3.63, 3.8) is 0 Å². The van der Waals surface area contributed by atoms with Crippen LogP contribution in [0.3, 0.4) is 0 Å². The van der Waals surface area contributed by atoms with Crippen molar-refractivity contribution in [1.82, 2.24) is 9.80 Å². The number of aryl methyl sites for hydroxylation is 1. The first-order valence-electron chi connectivity index (χ1n) is 7.41. The Morgan fingerprint density at radius 1 is 1.35 bits per heavy atom. The summed E-state index contributed by atoms with van der Waals surface area (Å²) in [6, 6.07) is 5.78. The fourth-order valence-corrected chi connectivity index (χ4v) is 3.51. The fourth-order valence-electron chi connectivity index (χ4n) is 3.51.